The molecule has 0 aromatic rings. The fourth-order valence-electron chi connectivity index (χ4n) is 1.76. The Morgan fingerprint density at radius 1 is 1.56 bits per heavy atom. The minimum Gasteiger partial charge on any atom is -0.440 e. The van der Waals surface area contributed by atoms with E-state index in [1.807, 2.05) is 0 Å². The number of ether oxygens (including phenoxy) is 2. The standard InChI is InChI=1S/C10H16F3NO4/c1-9(2)5-14(3-7(4-15)18-9)8(16)17-6-10(11,12)13/h7,15H,3-6H2,1-2H3. The van der Waals surface area contributed by atoms with Gasteiger partial charge in [0.05, 0.1) is 31.4 Å². The summed E-state index contributed by atoms with van der Waals surface area (Å²) < 4.78 is 45.3. The zero-order chi connectivity index (χ0) is 14.0. The summed E-state index contributed by atoms with van der Waals surface area (Å²) >= 11 is 0. The van der Waals surface area contributed by atoms with Crippen LogP contribution in [0.2, 0.25) is 0 Å². The maximum Gasteiger partial charge on any atom is 0.422 e. The predicted molar refractivity (Wildman–Crippen MR) is 55.0 cm³/mol. The van der Waals surface area contributed by atoms with Crippen LogP contribution in [0.3, 0.4) is 0 Å². The lowest BCUT2D eigenvalue weighted by molar-refractivity contribution is -0.170. The number of rotatable bonds is 2. The van der Waals surface area contributed by atoms with Crippen molar-refractivity contribution < 1.29 is 32.5 Å². The number of alkyl halides is 3. The van der Waals surface area contributed by atoms with Crippen LogP contribution in [-0.2, 0) is 9.47 Å². The average molecular weight is 271 g/mol. The molecule has 0 aromatic heterocycles. The summed E-state index contributed by atoms with van der Waals surface area (Å²) in [5.41, 5.74) is -0.733. The van der Waals surface area contributed by atoms with Gasteiger partial charge in [-0.25, -0.2) is 4.79 Å². The Morgan fingerprint density at radius 3 is 2.67 bits per heavy atom. The number of morpholine rings is 1. The van der Waals surface area contributed by atoms with Crippen molar-refractivity contribution >= 4 is 6.09 Å². The summed E-state index contributed by atoms with van der Waals surface area (Å²) in [6.07, 6.45) is -6.22. The maximum atomic E-state index is 11.9. The van der Waals surface area contributed by atoms with E-state index in [4.69, 9.17) is 9.84 Å². The van der Waals surface area contributed by atoms with Gasteiger partial charge in [-0.1, -0.05) is 0 Å². The van der Waals surface area contributed by atoms with Crippen LogP contribution in [0.25, 0.3) is 0 Å². The van der Waals surface area contributed by atoms with E-state index in [2.05, 4.69) is 4.74 Å². The van der Waals surface area contributed by atoms with Gasteiger partial charge in [0.15, 0.2) is 6.61 Å². The summed E-state index contributed by atoms with van der Waals surface area (Å²) in [5, 5.41) is 9.00. The molecule has 0 spiro atoms. The van der Waals surface area contributed by atoms with Crippen molar-refractivity contribution in [3.8, 4) is 0 Å². The Bertz CT molecular complexity index is 306. The molecule has 1 fully saturated rings. The summed E-state index contributed by atoms with van der Waals surface area (Å²) in [6, 6.07) is 0. The van der Waals surface area contributed by atoms with Gasteiger partial charge in [-0.2, -0.15) is 13.2 Å². The SMILES string of the molecule is CC1(C)CN(C(=O)OCC(F)(F)F)CC(CO)O1. The molecular weight excluding hydrogens is 255 g/mol. The van der Waals surface area contributed by atoms with Crippen molar-refractivity contribution in [2.45, 2.75) is 31.7 Å². The van der Waals surface area contributed by atoms with Crippen LogP contribution >= 0.6 is 0 Å². The molecule has 0 bridgehead atoms. The van der Waals surface area contributed by atoms with Gasteiger partial charge >= 0.3 is 12.3 Å². The van der Waals surface area contributed by atoms with E-state index in [-0.39, 0.29) is 19.7 Å². The topological polar surface area (TPSA) is 59.0 Å². The van der Waals surface area contributed by atoms with Gasteiger partial charge in [-0.05, 0) is 13.8 Å². The van der Waals surface area contributed by atoms with Crippen LogP contribution in [0.4, 0.5) is 18.0 Å². The zero-order valence-corrected chi connectivity index (χ0v) is 10.2. The third-order valence-electron chi connectivity index (χ3n) is 2.30. The minimum absolute atomic E-state index is 0.0105. The average Bonchev–Trinajstić information content (AvgIpc) is 2.22. The van der Waals surface area contributed by atoms with Gasteiger partial charge in [0.2, 0.25) is 0 Å². The van der Waals surface area contributed by atoms with Crippen molar-refractivity contribution in [1.29, 1.82) is 0 Å². The minimum atomic E-state index is -4.55. The molecule has 0 saturated carbocycles. The number of aliphatic hydroxyl groups is 1. The van der Waals surface area contributed by atoms with E-state index in [0.717, 1.165) is 4.90 Å². The molecule has 18 heavy (non-hydrogen) atoms. The van der Waals surface area contributed by atoms with Crippen LogP contribution in [0, 0.1) is 0 Å². The molecule has 1 aliphatic heterocycles. The largest absolute Gasteiger partial charge is 0.440 e. The fraction of sp³-hybridized carbons (Fsp3) is 0.900. The lowest BCUT2D eigenvalue weighted by atomic mass is 10.1. The second kappa shape index (κ2) is 5.31. The number of carbonyl (C=O) groups is 1. The van der Waals surface area contributed by atoms with Crippen LogP contribution in [0.5, 0.6) is 0 Å². The van der Waals surface area contributed by atoms with Gasteiger partial charge in [-0.15, -0.1) is 0 Å². The Labute approximate surface area is 102 Å². The van der Waals surface area contributed by atoms with Crippen LogP contribution in [0.1, 0.15) is 13.8 Å². The smallest absolute Gasteiger partial charge is 0.422 e. The maximum absolute atomic E-state index is 11.9. The van der Waals surface area contributed by atoms with Crippen LogP contribution in [-0.4, -0.2) is 60.3 Å². The van der Waals surface area contributed by atoms with E-state index >= 15 is 0 Å². The van der Waals surface area contributed by atoms with Crippen molar-refractivity contribution in [2.75, 3.05) is 26.3 Å². The monoisotopic (exact) mass is 271 g/mol. The number of aliphatic hydroxyl groups excluding tert-OH is 1. The highest BCUT2D eigenvalue weighted by atomic mass is 19.4. The first-order valence-corrected chi connectivity index (χ1v) is 5.40. The molecule has 1 rings (SSSR count). The van der Waals surface area contributed by atoms with Crippen molar-refractivity contribution in [1.82, 2.24) is 4.90 Å². The molecule has 0 radical (unpaired) electrons. The lowest BCUT2D eigenvalue weighted by Crippen LogP contribution is -2.55. The molecule has 1 saturated heterocycles. The molecule has 1 heterocycles. The summed E-state index contributed by atoms with van der Waals surface area (Å²) in [7, 11) is 0. The molecular formula is C10H16F3NO4. The van der Waals surface area contributed by atoms with Gasteiger partial charge < -0.3 is 19.5 Å². The molecule has 1 N–H and O–H groups in total. The molecule has 106 valence electrons. The second-order valence-electron chi connectivity index (χ2n) is 4.73. The van der Waals surface area contributed by atoms with Gasteiger partial charge in [-0.3, -0.25) is 0 Å². The van der Waals surface area contributed by atoms with E-state index in [0.29, 0.717) is 0 Å². The Balaban J connectivity index is 2.56. The Morgan fingerprint density at radius 2 is 2.17 bits per heavy atom. The highest BCUT2D eigenvalue weighted by Crippen LogP contribution is 2.22. The first kappa shape index (κ1) is 15.0. The van der Waals surface area contributed by atoms with Gasteiger partial charge in [0, 0.05) is 0 Å². The summed E-state index contributed by atoms with van der Waals surface area (Å²) in [6.45, 7) is 1.55. The third kappa shape index (κ3) is 4.69. The highest BCUT2D eigenvalue weighted by Gasteiger charge is 2.37. The van der Waals surface area contributed by atoms with E-state index in [1.54, 1.807) is 13.8 Å². The molecule has 1 atom stereocenters. The van der Waals surface area contributed by atoms with Gasteiger partial charge in [0.1, 0.15) is 0 Å². The molecule has 0 aliphatic carbocycles. The predicted octanol–water partition coefficient (Wildman–Crippen LogP) is 1.16. The zero-order valence-electron chi connectivity index (χ0n) is 10.2. The van der Waals surface area contributed by atoms with Crippen molar-refractivity contribution in [3.05, 3.63) is 0 Å². The number of carbonyl (C=O) groups excluding carboxylic acids is 1. The highest BCUT2D eigenvalue weighted by molar-refractivity contribution is 5.68. The first-order chi connectivity index (χ1) is 8.13. The van der Waals surface area contributed by atoms with Crippen LogP contribution < -0.4 is 0 Å². The molecule has 0 aromatic carbocycles. The Kier molecular flexibility index (Phi) is 4.44. The van der Waals surface area contributed by atoms with E-state index in [1.165, 1.54) is 0 Å². The molecule has 1 amide bonds. The number of nitrogens with zero attached hydrogens (tertiary/aromatic N) is 1. The number of amides is 1. The number of halogens is 3. The second-order valence-corrected chi connectivity index (χ2v) is 4.73. The molecule has 8 heteroatoms. The third-order valence-corrected chi connectivity index (χ3v) is 2.30. The van der Waals surface area contributed by atoms with Crippen LogP contribution in [0.15, 0.2) is 0 Å². The normalized spacial score (nSPS) is 23.9. The number of hydrogen-bond acceptors (Lipinski definition) is 4. The lowest BCUT2D eigenvalue weighted by Gasteiger charge is -2.41. The van der Waals surface area contributed by atoms with E-state index in [9.17, 15) is 18.0 Å². The Hall–Kier alpha value is -1.02. The molecule has 5 nitrogen and oxygen atoms in total. The quantitative estimate of drug-likeness (QED) is 0.818. The molecule has 1 unspecified atom stereocenters. The van der Waals surface area contributed by atoms with Gasteiger partial charge in [0.25, 0.3) is 0 Å². The van der Waals surface area contributed by atoms with Crippen molar-refractivity contribution in [2.24, 2.45) is 0 Å². The van der Waals surface area contributed by atoms with E-state index < -0.39 is 30.6 Å². The summed E-state index contributed by atoms with van der Waals surface area (Å²) in [5.74, 6) is 0. The molecule has 1 aliphatic rings. The fourth-order valence-corrected chi connectivity index (χ4v) is 1.76. The summed E-state index contributed by atoms with van der Waals surface area (Å²) in [4.78, 5) is 12.6. The van der Waals surface area contributed by atoms with Crippen molar-refractivity contribution in [3.63, 3.8) is 0 Å². The number of hydrogen-bond donors (Lipinski definition) is 1. The first-order valence-electron chi connectivity index (χ1n) is 5.40.